The fourth-order valence-electron chi connectivity index (χ4n) is 1.97. The monoisotopic (exact) mass is 276 g/mol. The average molecular weight is 276 g/mol. The predicted molar refractivity (Wildman–Crippen MR) is 60.9 cm³/mol. The lowest BCUT2D eigenvalue weighted by atomic mass is 10.5. The van der Waals surface area contributed by atoms with E-state index in [9.17, 15) is 22.8 Å². The average Bonchev–Trinajstić information content (AvgIpc) is 2.73. The number of nitrogens with zero attached hydrogens (tertiary/aromatic N) is 4. The first-order chi connectivity index (χ1) is 8.70. The molecule has 0 saturated carbocycles. The summed E-state index contributed by atoms with van der Waals surface area (Å²) in [4.78, 5) is 27.0. The summed E-state index contributed by atoms with van der Waals surface area (Å²) in [7, 11) is 2.49. The Bertz CT molecular complexity index is 766. The molecule has 0 amide bonds. The number of hydrogen-bond acceptors (Lipinski definition) is 3. The van der Waals surface area contributed by atoms with E-state index in [4.69, 9.17) is 0 Å². The van der Waals surface area contributed by atoms with E-state index in [0.717, 1.165) is 13.7 Å². The van der Waals surface area contributed by atoms with E-state index in [0.29, 0.717) is 0 Å². The first-order valence-corrected chi connectivity index (χ1v) is 5.43. The third kappa shape index (κ3) is 1.76. The van der Waals surface area contributed by atoms with Gasteiger partial charge in [0.2, 0.25) is 5.82 Å². The molecule has 0 unspecified atom stereocenters. The molecule has 0 spiro atoms. The molecule has 6 nitrogen and oxygen atoms in total. The van der Waals surface area contributed by atoms with Crippen LogP contribution in [0, 0.1) is 0 Å². The molecule has 0 atom stereocenters. The minimum Gasteiger partial charge on any atom is -0.315 e. The summed E-state index contributed by atoms with van der Waals surface area (Å²) >= 11 is 0. The molecule has 0 bridgehead atoms. The maximum absolute atomic E-state index is 12.9. The first kappa shape index (κ1) is 13.4. The van der Waals surface area contributed by atoms with E-state index >= 15 is 0 Å². The summed E-state index contributed by atoms with van der Waals surface area (Å²) < 4.78 is 41.0. The van der Waals surface area contributed by atoms with Gasteiger partial charge in [-0.05, 0) is 6.92 Å². The number of alkyl halides is 3. The predicted octanol–water partition coefficient (Wildman–Crippen LogP) is 0.472. The third-order valence-corrected chi connectivity index (χ3v) is 2.92. The maximum Gasteiger partial charge on any atom is 0.449 e. The van der Waals surface area contributed by atoms with Gasteiger partial charge in [0.25, 0.3) is 5.56 Å². The minimum absolute atomic E-state index is 0.0706. The van der Waals surface area contributed by atoms with Crippen molar-refractivity contribution in [2.24, 2.45) is 14.1 Å². The van der Waals surface area contributed by atoms with Crippen LogP contribution >= 0.6 is 0 Å². The molecule has 0 radical (unpaired) electrons. The minimum atomic E-state index is -4.68. The van der Waals surface area contributed by atoms with Crippen LogP contribution in [-0.4, -0.2) is 18.7 Å². The number of aryl methyl sites for hydroxylation is 2. The van der Waals surface area contributed by atoms with Gasteiger partial charge in [-0.15, -0.1) is 0 Å². The molecule has 0 aliphatic rings. The molecule has 0 aliphatic carbocycles. The SMILES string of the molecule is CCn1c(C(F)(F)F)nc2c1c(=O)n(C)c(=O)n2C. The van der Waals surface area contributed by atoms with Gasteiger partial charge < -0.3 is 4.57 Å². The molecule has 0 aromatic carbocycles. The van der Waals surface area contributed by atoms with E-state index in [1.54, 1.807) is 0 Å². The Kier molecular flexibility index (Phi) is 2.79. The molecule has 2 aromatic rings. The summed E-state index contributed by atoms with van der Waals surface area (Å²) in [6.45, 7) is 1.40. The van der Waals surface area contributed by atoms with Crippen molar-refractivity contribution in [1.82, 2.24) is 18.7 Å². The number of rotatable bonds is 1. The zero-order valence-corrected chi connectivity index (χ0v) is 10.4. The fourth-order valence-corrected chi connectivity index (χ4v) is 1.97. The van der Waals surface area contributed by atoms with Crippen LogP contribution in [0.5, 0.6) is 0 Å². The van der Waals surface area contributed by atoms with Gasteiger partial charge in [-0.2, -0.15) is 13.2 Å². The molecule has 0 fully saturated rings. The van der Waals surface area contributed by atoms with E-state index < -0.39 is 23.2 Å². The highest BCUT2D eigenvalue weighted by atomic mass is 19.4. The lowest BCUT2D eigenvalue weighted by molar-refractivity contribution is -0.146. The van der Waals surface area contributed by atoms with Crippen LogP contribution in [-0.2, 0) is 26.8 Å². The Morgan fingerprint density at radius 2 is 1.74 bits per heavy atom. The van der Waals surface area contributed by atoms with Crippen molar-refractivity contribution in [3.8, 4) is 0 Å². The van der Waals surface area contributed by atoms with Crippen LogP contribution in [0.2, 0.25) is 0 Å². The Labute approximate surface area is 104 Å². The molecule has 0 N–H and O–H groups in total. The Balaban J connectivity index is 3.09. The largest absolute Gasteiger partial charge is 0.449 e. The van der Waals surface area contributed by atoms with Crippen LogP contribution in [0.3, 0.4) is 0 Å². The second-order valence-corrected chi connectivity index (χ2v) is 4.06. The zero-order chi connectivity index (χ0) is 14.5. The molecular formula is C10H11F3N4O2. The Hall–Kier alpha value is -2.06. The summed E-state index contributed by atoms with van der Waals surface area (Å²) in [5.41, 5.74) is -1.99. The lowest BCUT2D eigenvalue weighted by Gasteiger charge is -2.08. The van der Waals surface area contributed by atoms with Crippen LogP contribution in [0.25, 0.3) is 11.2 Å². The smallest absolute Gasteiger partial charge is 0.315 e. The van der Waals surface area contributed by atoms with E-state index in [2.05, 4.69) is 4.98 Å². The molecule has 2 heterocycles. The number of aromatic nitrogens is 4. The van der Waals surface area contributed by atoms with Crippen LogP contribution < -0.4 is 11.2 Å². The number of fused-ring (bicyclic) bond motifs is 1. The fraction of sp³-hybridized carbons (Fsp3) is 0.500. The number of halogens is 3. The molecule has 2 aromatic heterocycles. The zero-order valence-electron chi connectivity index (χ0n) is 10.4. The topological polar surface area (TPSA) is 61.8 Å². The van der Waals surface area contributed by atoms with Crippen molar-refractivity contribution in [2.75, 3.05) is 0 Å². The molecule has 9 heteroatoms. The highest BCUT2D eigenvalue weighted by molar-refractivity contribution is 5.71. The number of hydrogen-bond donors (Lipinski definition) is 0. The van der Waals surface area contributed by atoms with E-state index in [1.807, 2.05) is 0 Å². The first-order valence-electron chi connectivity index (χ1n) is 5.43. The van der Waals surface area contributed by atoms with E-state index in [1.165, 1.54) is 21.0 Å². The van der Waals surface area contributed by atoms with Gasteiger partial charge in [0, 0.05) is 20.6 Å². The van der Waals surface area contributed by atoms with Crippen molar-refractivity contribution in [1.29, 1.82) is 0 Å². The molecule has 19 heavy (non-hydrogen) atoms. The Morgan fingerprint density at radius 1 is 1.16 bits per heavy atom. The second kappa shape index (κ2) is 3.97. The van der Waals surface area contributed by atoms with Crippen molar-refractivity contribution < 1.29 is 13.2 Å². The van der Waals surface area contributed by atoms with Gasteiger partial charge in [0.05, 0.1) is 0 Å². The number of imidazole rings is 1. The summed E-state index contributed by atoms with van der Waals surface area (Å²) in [6.07, 6.45) is -4.68. The molecule has 2 rings (SSSR count). The second-order valence-electron chi connectivity index (χ2n) is 4.06. The lowest BCUT2D eigenvalue weighted by Crippen LogP contribution is -2.37. The quantitative estimate of drug-likeness (QED) is 0.760. The van der Waals surface area contributed by atoms with Gasteiger partial charge in [-0.1, -0.05) is 0 Å². The maximum atomic E-state index is 12.9. The molecule has 0 aliphatic heterocycles. The molecule has 0 saturated heterocycles. The third-order valence-electron chi connectivity index (χ3n) is 2.92. The van der Waals surface area contributed by atoms with Gasteiger partial charge in [-0.3, -0.25) is 13.9 Å². The van der Waals surface area contributed by atoms with Crippen LogP contribution in [0.1, 0.15) is 12.7 Å². The summed E-state index contributed by atoms with van der Waals surface area (Å²) in [5.74, 6) is -1.18. The van der Waals surface area contributed by atoms with Crippen molar-refractivity contribution in [3.63, 3.8) is 0 Å². The molecular weight excluding hydrogens is 265 g/mol. The highest BCUT2D eigenvalue weighted by Gasteiger charge is 2.38. The highest BCUT2D eigenvalue weighted by Crippen LogP contribution is 2.30. The standard InChI is InChI=1S/C10H11F3N4O2/c1-4-17-5-6(14-8(17)10(11,12)13)15(2)9(19)16(3)7(5)18/h4H2,1-3H3. The Morgan fingerprint density at radius 3 is 2.21 bits per heavy atom. The van der Waals surface area contributed by atoms with Gasteiger partial charge in [-0.25, -0.2) is 9.78 Å². The van der Waals surface area contributed by atoms with Gasteiger partial charge in [0.15, 0.2) is 11.2 Å². The van der Waals surface area contributed by atoms with Crippen molar-refractivity contribution in [2.45, 2.75) is 19.6 Å². The van der Waals surface area contributed by atoms with Crippen molar-refractivity contribution in [3.05, 3.63) is 26.7 Å². The van der Waals surface area contributed by atoms with Crippen LogP contribution in [0.4, 0.5) is 13.2 Å². The summed E-state index contributed by atoms with van der Waals surface area (Å²) in [6, 6.07) is 0. The normalized spacial score (nSPS) is 12.3. The van der Waals surface area contributed by atoms with Crippen molar-refractivity contribution >= 4 is 11.2 Å². The van der Waals surface area contributed by atoms with Gasteiger partial charge >= 0.3 is 11.9 Å². The summed E-state index contributed by atoms with van der Waals surface area (Å²) in [5, 5.41) is 0. The van der Waals surface area contributed by atoms with E-state index in [-0.39, 0.29) is 17.7 Å². The van der Waals surface area contributed by atoms with Crippen LogP contribution in [0.15, 0.2) is 9.59 Å². The van der Waals surface area contributed by atoms with Gasteiger partial charge in [0.1, 0.15) is 0 Å². The molecule has 104 valence electrons.